The van der Waals surface area contributed by atoms with Gasteiger partial charge in [0.25, 0.3) is 11.8 Å². The van der Waals surface area contributed by atoms with Crippen LogP contribution in [0.15, 0.2) is 42.5 Å². The van der Waals surface area contributed by atoms with Crippen LogP contribution in [-0.4, -0.2) is 60.8 Å². The summed E-state index contributed by atoms with van der Waals surface area (Å²) >= 11 is 0. The molecule has 2 aromatic carbocycles. The van der Waals surface area contributed by atoms with Gasteiger partial charge in [-0.3, -0.25) is 29.4 Å². The molecule has 170 valence electrons. The molecule has 2 aromatic rings. The minimum atomic E-state index is -0.974. The highest BCUT2D eigenvalue weighted by atomic mass is 16.5. The number of hydrogen-bond acceptors (Lipinski definition) is 7. The second kappa shape index (κ2) is 8.00. The summed E-state index contributed by atoms with van der Waals surface area (Å²) in [6, 6.07) is 11.9. The smallest absolute Gasteiger partial charge is 0.262 e. The fraction of sp³-hybridized carbons (Fsp3) is 0.333. The highest BCUT2D eigenvalue weighted by Gasteiger charge is 2.45. The zero-order valence-corrected chi connectivity index (χ0v) is 18.1. The van der Waals surface area contributed by atoms with Crippen molar-refractivity contribution >= 4 is 29.3 Å². The summed E-state index contributed by atoms with van der Waals surface area (Å²) in [4.78, 5) is 52.8. The molecule has 0 radical (unpaired) electrons. The predicted molar refractivity (Wildman–Crippen MR) is 119 cm³/mol. The molecule has 2 saturated heterocycles. The molecule has 3 atom stereocenters. The van der Waals surface area contributed by atoms with Gasteiger partial charge in [0.05, 0.1) is 18.2 Å². The van der Waals surface area contributed by atoms with Crippen LogP contribution in [0.3, 0.4) is 0 Å². The van der Waals surface area contributed by atoms with Gasteiger partial charge in [-0.1, -0.05) is 12.1 Å². The quantitative estimate of drug-likeness (QED) is 0.670. The van der Waals surface area contributed by atoms with Crippen LogP contribution in [0.25, 0.3) is 0 Å². The molecule has 5 rings (SSSR count). The van der Waals surface area contributed by atoms with Crippen molar-refractivity contribution in [2.24, 2.45) is 5.73 Å². The first-order valence-corrected chi connectivity index (χ1v) is 10.9. The molecule has 0 saturated carbocycles. The third-order valence-corrected chi connectivity index (χ3v) is 6.70. The van der Waals surface area contributed by atoms with Crippen LogP contribution in [0.5, 0.6) is 5.75 Å². The van der Waals surface area contributed by atoms with Gasteiger partial charge in [0, 0.05) is 37.2 Å². The number of fused-ring (bicyclic) bond motifs is 1. The van der Waals surface area contributed by atoms with Crippen molar-refractivity contribution in [3.63, 3.8) is 0 Å². The maximum absolute atomic E-state index is 13.1. The van der Waals surface area contributed by atoms with E-state index >= 15 is 0 Å². The number of amides is 4. The van der Waals surface area contributed by atoms with Crippen LogP contribution in [0.2, 0.25) is 0 Å². The number of nitrogens with one attached hydrogen (secondary N) is 1. The average molecular weight is 448 g/mol. The normalized spacial score (nSPS) is 24.8. The van der Waals surface area contributed by atoms with Crippen LogP contribution in [0, 0.1) is 0 Å². The summed E-state index contributed by atoms with van der Waals surface area (Å²) in [5.74, 6) is -1.14. The number of piperidine rings is 1. The Kier molecular flexibility index (Phi) is 5.13. The van der Waals surface area contributed by atoms with Crippen LogP contribution in [0.4, 0.5) is 5.69 Å². The lowest BCUT2D eigenvalue weighted by atomic mass is 9.95. The molecule has 3 aliphatic rings. The van der Waals surface area contributed by atoms with Gasteiger partial charge in [-0.15, -0.1) is 0 Å². The third kappa shape index (κ3) is 3.54. The topological polar surface area (TPSA) is 122 Å². The zero-order valence-electron chi connectivity index (χ0n) is 18.1. The van der Waals surface area contributed by atoms with Crippen LogP contribution >= 0.6 is 0 Å². The fourth-order valence-electron chi connectivity index (χ4n) is 4.90. The van der Waals surface area contributed by atoms with E-state index in [4.69, 9.17) is 10.5 Å². The molecular weight excluding hydrogens is 424 g/mol. The molecule has 9 heteroatoms. The Morgan fingerprint density at radius 3 is 2.39 bits per heavy atom. The summed E-state index contributed by atoms with van der Waals surface area (Å²) in [7, 11) is 1.62. The maximum Gasteiger partial charge on any atom is 0.262 e. The van der Waals surface area contributed by atoms with Gasteiger partial charge in [-0.25, -0.2) is 0 Å². The number of anilines is 1. The molecule has 3 heterocycles. The standard InChI is InChI=1S/C24H24N4O5/c1-33-15-5-2-13(3-6-15)18-11-27(12-19(18)25)14-4-7-16-17(10-14)24(32)28(23(16)31)20-8-9-21(29)26-22(20)30/h2-7,10,18-20H,8-9,11-12,25H2,1H3,(H,26,29,30)/t18-,19+,20?/m0/s1. The molecule has 4 amide bonds. The number of carbonyl (C=O) groups excluding carboxylic acids is 4. The van der Waals surface area contributed by atoms with Crippen molar-refractivity contribution in [2.45, 2.75) is 30.8 Å². The largest absolute Gasteiger partial charge is 0.497 e. The van der Waals surface area contributed by atoms with E-state index in [1.807, 2.05) is 24.3 Å². The minimum Gasteiger partial charge on any atom is -0.497 e. The fourth-order valence-corrected chi connectivity index (χ4v) is 4.90. The Balaban J connectivity index is 1.37. The van der Waals surface area contributed by atoms with Gasteiger partial charge in [0.1, 0.15) is 11.8 Å². The number of carbonyl (C=O) groups is 4. The van der Waals surface area contributed by atoms with Gasteiger partial charge in [-0.2, -0.15) is 0 Å². The van der Waals surface area contributed by atoms with E-state index in [0.717, 1.165) is 21.9 Å². The van der Waals surface area contributed by atoms with Crippen molar-refractivity contribution in [1.82, 2.24) is 10.2 Å². The number of imide groups is 2. The monoisotopic (exact) mass is 448 g/mol. The van der Waals surface area contributed by atoms with Crippen molar-refractivity contribution in [1.29, 1.82) is 0 Å². The lowest BCUT2D eigenvalue weighted by Gasteiger charge is -2.27. The zero-order chi connectivity index (χ0) is 23.3. The number of nitrogens with zero attached hydrogens (tertiary/aromatic N) is 2. The molecule has 3 aliphatic heterocycles. The molecule has 33 heavy (non-hydrogen) atoms. The van der Waals surface area contributed by atoms with Crippen molar-refractivity contribution < 1.29 is 23.9 Å². The first kappa shape index (κ1) is 21.1. The van der Waals surface area contributed by atoms with Crippen LogP contribution < -0.4 is 20.7 Å². The first-order chi connectivity index (χ1) is 15.9. The molecule has 3 N–H and O–H groups in total. The van der Waals surface area contributed by atoms with Gasteiger partial charge in [-0.05, 0) is 42.3 Å². The molecule has 0 aromatic heterocycles. The average Bonchev–Trinajstić information content (AvgIpc) is 3.32. The van der Waals surface area contributed by atoms with Crippen molar-refractivity contribution in [2.75, 3.05) is 25.1 Å². The van der Waals surface area contributed by atoms with E-state index in [-0.39, 0.29) is 35.9 Å². The SMILES string of the molecule is COc1ccc([C@@H]2CN(c3ccc4c(c3)C(=O)N(C3CCC(=O)NC3=O)C4=O)C[C@H]2N)cc1. The predicted octanol–water partition coefficient (Wildman–Crippen LogP) is 1.03. The number of benzene rings is 2. The van der Waals surface area contributed by atoms with Crippen LogP contribution in [0.1, 0.15) is 45.0 Å². The Bertz CT molecular complexity index is 1160. The summed E-state index contributed by atoms with van der Waals surface area (Å²) in [5.41, 5.74) is 8.89. The van der Waals surface area contributed by atoms with Crippen molar-refractivity contribution in [3.05, 3.63) is 59.2 Å². The van der Waals surface area contributed by atoms with Gasteiger partial charge >= 0.3 is 0 Å². The van der Waals surface area contributed by atoms with E-state index in [1.165, 1.54) is 0 Å². The third-order valence-electron chi connectivity index (χ3n) is 6.70. The lowest BCUT2D eigenvalue weighted by Crippen LogP contribution is -2.54. The minimum absolute atomic E-state index is 0.0908. The molecular formula is C24H24N4O5. The Labute approximate surface area is 190 Å². The second-order valence-electron chi connectivity index (χ2n) is 8.63. The number of ether oxygens (including phenoxy) is 1. The first-order valence-electron chi connectivity index (χ1n) is 10.9. The molecule has 2 fully saturated rings. The highest BCUT2D eigenvalue weighted by molar-refractivity contribution is 6.23. The second-order valence-corrected chi connectivity index (χ2v) is 8.63. The molecule has 9 nitrogen and oxygen atoms in total. The Morgan fingerprint density at radius 1 is 0.970 bits per heavy atom. The summed E-state index contributed by atoms with van der Waals surface area (Å²) in [5, 5.41) is 2.21. The molecule has 0 spiro atoms. The highest BCUT2D eigenvalue weighted by Crippen LogP contribution is 2.34. The summed E-state index contributed by atoms with van der Waals surface area (Å²) in [6.45, 7) is 1.28. The number of nitrogens with two attached hydrogens (primary N) is 1. The molecule has 0 bridgehead atoms. The maximum atomic E-state index is 13.1. The summed E-state index contributed by atoms with van der Waals surface area (Å²) in [6.07, 6.45) is 0.223. The Hall–Kier alpha value is -3.72. The van der Waals surface area contributed by atoms with Crippen molar-refractivity contribution in [3.8, 4) is 5.75 Å². The number of rotatable bonds is 4. The molecule has 1 unspecified atom stereocenters. The number of methoxy groups -OCH3 is 1. The number of hydrogen-bond donors (Lipinski definition) is 2. The summed E-state index contributed by atoms with van der Waals surface area (Å²) < 4.78 is 5.23. The van der Waals surface area contributed by atoms with E-state index in [2.05, 4.69) is 10.2 Å². The Morgan fingerprint density at radius 2 is 1.70 bits per heavy atom. The van der Waals surface area contributed by atoms with E-state index in [9.17, 15) is 19.2 Å². The van der Waals surface area contributed by atoms with Crippen LogP contribution in [-0.2, 0) is 9.59 Å². The van der Waals surface area contributed by atoms with Gasteiger partial charge < -0.3 is 15.4 Å². The van der Waals surface area contributed by atoms with E-state index in [1.54, 1.807) is 25.3 Å². The molecule has 0 aliphatic carbocycles. The van der Waals surface area contributed by atoms with Gasteiger partial charge in [0.2, 0.25) is 11.8 Å². The lowest BCUT2D eigenvalue weighted by molar-refractivity contribution is -0.136. The van der Waals surface area contributed by atoms with Gasteiger partial charge in [0.15, 0.2) is 0 Å². The van der Waals surface area contributed by atoms with E-state index in [0.29, 0.717) is 13.1 Å². The van der Waals surface area contributed by atoms with E-state index < -0.39 is 29.7 Å².